The number of phenolic OH excluding ortho intramolecular Hbond substituents is 1. The molecule has 30 heavy (non-hydrogen) atoms. The van der Waals surface area contributed by atoms with Crippen molar-refractivity contribution < 1.29 is 20.1 Å². The molecule has 0 aliphatic heterocycles. The molecule has 2 rings (SSSR count). The summed E-state index contributed by atoms with van der Waals surface area (Å²) in [6.07, 6.45) is 6.36. The van der Waals surface area contributed by atoms with Crippen LogP contribution in [0.2, 0.25) is 0 Å². The molecule has 5 heteroatoms. The van der Waals surface area contributed by atoms with E-state index in [0.717, 1.165) is 57.4 Å². The van der Waals surface area contributed by atoms with Crippen LogP contribution in [0.15, 0.2) is 48.5 Å². The van der Waals surface area contributed by atoms with E-state index < -0.39 is 6.10 Å². The molecule has 166 valence electrons. The van der Waals surface area contributed by atoms with Crippen molar-refractivity contribution in [1.29, 1.82) is 0 Å². The lowest BCUT2D eigenvalue weighted by atomic mass is 10.0. The summed E-state index contributed by atoms with van der Waals surface area (Å²) < 4.78 is 5.72. The fourth-order valence-electron chi connectivity index (χ4n) is 3.40. The lowest BCUT2D eigenvalue weighted by molar-refractivity contribution is 0.126. The highest BCUT2D eigenvalue weighted by atomic mass is 16.5. The highest BCUT2D eigenvalue weighted by molar-refractivity contribution is 5.37. The number of ether oxygens (including phenoxy) is 1. The molecule has 1 atom stereocenters. The molecule has 0 aliphatic rings. The average Bonchev–Trinajstić information content (AvgIpc) is 2.76. The largest absolute Gasteiger partial charge is 0.508 e. The van der Waals surface area contributed by atoms with Gasteiger partial charge in [-0.25, -0.2) is 0 Å². The Morgan fingerprint density at radius 3 is 2.40 bits per heavy atom. The van der Waals surface area contributed by atoms with E-state index in [4.69, 9.17) is 9.84 Å². The molecule has 0 fully saturated rings. The highest BCUT2D eigenvalue weighted by Crippen LogP contribution is 2.22. The number of hydrogen-bond acceptors (Lipinski definition) is 5. The molecule has 0 saturated heterocycles. The zero-order valence-electron chi connectivity index (χ0n) is 17.9. The third-order valence-corrected chi connectivity index (χ3v) is 5.20. The highest BCUT2D eigenvalue weighted by Gasteiger charge is 2.10. The smallest absolute Gasteiger partial charge is 0.118 e. The zero-order valence-corrected chi connectivity index (χ0v) is 17.9. The van der Waals surface area contributed by atoms with Crippen LogP contribution in [0.3, 0.4) is 0 Å². The second kappa shape index (κ2) is 15.0. The summed E-state index contributed by atoms with van der Waals surface area (Å²) >= 11 is 0. The number of aliphatic hydroxyl groups is 2. The van der Waals surface area contributed by atoms with Crippen molar-refractivity contribution in [3.63, 3.8) is 0 Å². The van der Waals surface area contributed by atoms with Gasteiger partial charge in [-0.2, -0.15) is 0 Å². The standard InChI is InChI=1S/C25H37NO4/c27-16-14-23-19-22(12-13-24(23)28)25(29)20-26-15-6-2-7-17-30-18-8-5-11-21-9-3-1-4-10-21/h1,3-4,9-10,12-13,19,25-29H,2,5-8,11,14-18,20H2. The Kier molecular flexibility index (Phi) is 12.1. The van der Waals surface area contributed by atoms with E-state index in [-0.39, 0.29) is 12.4 Å². The van der Waals surface area contributed by atoms with Crippen LogP contribution >= 0.6 is 0 Å². The maximum absolute atomic E-state index is 10.3. The summed E-state index contributed by atoms with van der Waals surface area (Å²) in [5.74, 6) is 0.159. The predicted octanol–water partition coefficient (Wildman–Crippen LogP) is 3.76. The van der Waals surface area contributed by atoms with Crippen LogP contribution in [0.25, 0.3) is 0 Å². The van der Waals surface area contributed by atoms with Crippen LogP contribution in [-0.4, -0.2) is 48.2 Å². The van der Waals surface area contributed by atoms with Crippen LogP contribution in [0.4, 0.5) is 0 Å². The van der Waals surface area contributed by atoms with Crippen molar-refractivity contribution in [1.82, 2.24) is 5.32 Å². The number of unbranched alkanes of at least 4 members (excludes halogenated alkanes) is 3. The van der Waals surface area contributed by atoms with E-state index in [2.05, 4.69) is 35.6 Å². The summed E-state index contributed by atoms with van der Waals surface area (Å²) in [5.41, 5.74) is 2.81. The van der Waals surface area contributed by atoms with Crippen molar-refractivity contribution in [3.05, 3.63) is 65.2 Å². The molecule has 0 amide bonds. The van der Waals surface area contributed by atoms with E-state index in [0.29, 0.717) is 18.5 Å². The number of aryl methyl sites for hydroxylation is 1. The average molecular weight is 416 g/mol. The first-order chi connectivity index (χ1) is 14.7. The Morgan fingerprint density at radius 2 is 1.63 bits per heavy atom. The number of benzene rings is 2. The van der Waals surface area contributed by atoms with Crippen molar-refractivity contribution in [3.8, 4) is 5.75 Å². The van der Waals surface area contributed by atoms with Gasteiger partial charge in [-0.05, 0) is 80.3 Å². The second-order valence-corrected chi connectivity index (χ2v) is 7.70. The Bertz CT molecular complexity index is 693. The summed E-state index contributed by atoms with van der Waals surface area (Å²) in [4.78, 5) is 0. The van der Waals surface area contributed by atoms with Crippen LogP contribution in [-0.2, 0) is 17.6 Å². The van der Waals surface area contributed by atoms with Gasteiger partial charge in [-0.1, -0.05) is 36.4 Å². The SMILES string of the molecule is OCCc1cc(C(O)CNCCCCCOCCCCc2ccccc2)ccc1O. The quantitative estimate of drug-likeness (QED) is 0.314. The number of rotatable bonds is 16. The summed E-state index contributed by atoms with van der Waals surface area (Å²) in [6, 6.07) is 15.6. The van der Waals surface area contributed by atoms with Gasteiger partial charge in [-0.3, -0.25) is 0 Å². The van der Waals surface area contributed by atoms with Gasteiger partial charge < -0.3 is 25.4 Å². The van der Waals surface area contributed by atoms with Gasteiger partial charge >= 0.3 is 0 Å². The van der Waals surface area contributed by atoms with Gasteiger partial charge in [0.2, 0.25) is 0 Å². The predicted molar refractivity (Wildman–Crippen MR) is 121 cm³/mol. The molecular formula is C25H37NO4. The minimum atomic E-state index is -0.623. The van der Waals surface area contributed by atoms with Gasteiger partial charge in [0.1, 0.15) is 5.75 Å². The topological polar surface area (TPSA) is 82.0 Å². The molecule has 0 spiro atoms. The molecule has 1 unspecified atom stereocenters. The third-order valence-electron chi connectivity index (χ3n) is 5.20. The number of aromatic hydroxyl groups is 1. The van der Waals surface area contributed by atoms with Crippen LogP contribution in [0, 0.1) is 0 Å². The zero-order chi connectivity index (χ0) is 21.4. The molecule has 0 aliphatic carbocycles. The second-order valence-electron chi connectivity index (χ2n) is 7.70. The lowest BCUT2D eigenvalue weighted by Gasteiger charge is -2.14. The monoisotopic (exact) mass is 415 g/mol. The minimum absolute atomic E-state index is 0.0250. The molecule has 5 nitrogen and oxygen atoms in total. The van der Waals surface area contributed by atoms with E-state index >= 15 is 0 Å². The van der Waals surface area contributed by atoms with Crippen molar-refractivity contribution in [2.75, 3.05) is 32.9 Å². The Morgan fingerprint density at radius 1 is 0.867 bits per heavy atom. The normalized spacial score (nSPS) is 12.2. The minimum Gasteiger partial charge on any atom is -0.508 e. The van der Waals surface area contributed by atoms with Crippen molar-refractivity contribution in [2.45, 2.75) is 51.0 Å². The number of aliphatic hydroxyl groups excluding tert-OH is 2. The summed E-state index contributed by atoms with van der Waals surface area (Å²) in [6.45, 7) is 2.96. The Balaban J connectivity index is 1.43. The molecule has 0 saturated carbocycles. The number of nitrogens with one attached hydrogen (secondary N) is 1. The maximum atomic E-state index is 10.3. The van der Waals surface area contributed by atoms with Crippen LogP contribution < -0.4 is 5.32 Å². The maximum Gasteiger partial charge on any atom is 0.118 e. The van der Waals surface area contributed by atoms with E-state index in [1.807, 2.05) is 0 Å². The third kappa shape index (κ3) is 9.72. The van der Waals surface area contributed by atoms with Gasteiger partial charge in [0.15, 0.2) is 0 Å². The molecule has 0 heterocycles. The first-order valence-corrected chi connectivity index (χ1v) is 11.1. The summed E-state index contributed by atoms with van der Waals surface area (Å²) in [7, 11) is 0. The van der Waals surface area contributed by atoms with E-state index in [9.17, 15) is 10.2 Å². The van der Waals surface area contributed by atoms with Crippen molar-refractivity contribution >= 4 is 0 Å². The van der Waals surface area contributed by atoms with Crippen LogP contribution in [0.5, 0.6) is 5.75 Å². The van der Waals surface area contributed by atoms with E-state index in [1.165, 1.54) is 12.0 Å². The Hall–Kier alpha value is -1.92. The fourth-order valence-corrected chi connectivity index (χ4v) is 3.40. The first kappa shape index (κ1) is 24.4. The molecule has 0 radical (unpaired) electrons. The number of phenols is 1. The van der Waals surface area contributed by atoms with Gasteiger partial charge in [0.05, 0.1) is 6.10 Å². The lowest BCUT2D eigenvalue weighted by Crippen LogP contribution is -2.22. The molecule has 2 aromatic carbocycles. The fraction of sp³-hybridized carbons (Fsp3) is 0.520. The molecular weight excluding hydrogens is 378 g/mol. The first-order valence-electron chi connectivity index (χ1n) is 11.1. The van der Waals surface area contributed by atoms with E-state index in [1.54, 1.807) is 18.2 Å². The van der Waals surface area contributed by atoms with Crippen molar-refractivity contribution in [2.24, 2.45) is 0 Å². The van der Waals surface area contributed by atoms with Gasteiger partial charge in [0.25, 0.3) is 0 Å². The number of hydrogen-bond donors (Lipinski definition) is 4. The molecule has 4 N–H and O–H groups in total. The van der Waals surface area contributed by atoms with Gasteiger partial charge in [-0.15, -0.1) is 0 Å². The van der Waals surface area contributed by atoms with Crippen LogP contribution in [0.1, 0.15) is 54.9 Å². The Labute approximate surface area is 180 Å². The molecule has 0 bridgehead atoms. The summed E-state index contributed by atoms with van der Waals surface area (Å²) in [5, 5.41) is 32.4. The van der Waals surface area contributed by atoms with Gasteiger partial charge in [0, 0.05) is 26.4 Å². The molecule has 2 aromatic rings. The molecule has 0 aromatic heterocycles.